The molecule has 0 spiro atoms. The molecule has 2 N–H and O–H groups in total. The number of nitrogens with zero attached hydrogens (tertiary/aromatic N) is 1. The third kappa shape index (κ3) is 5.42. The molecule has 0 aromatic heterocycles. The lowest BCUT2D eigenvalue weighted by Crippen LogP contribution is -2.52. The van der Waals surface area contributed by atoms with Crippen LogP contribution in [0.5, 0.6) is 0 Å². The summed E-state index contributed by atoms with van der Waals surface area (Å²) in [7, 11) is 1.95. The highest BCUT2D eigenvalue weighted by atomic mass is 16.3. The lowest BCUT2D eigenvalue weighted by molar-refractivity contribution is 0.110. The molecular weight excluding hydrogens is 260 g/mol. The standard InChI is InChI=1S/C18H32N2O/c1-4-6-13-20(14-7-5-2)15-18(16-21,19-3)17-11-9-8-10-12-17/h8-12,19,21H,4-7,13-16H2,1-3H3. The summed E-state index contributed by atoms with van der Waals surface area (Å²) in [6, 6.07) is 10.3. The molecule has 0 aliphatic carbocycles. The molecular formula is C18H32N2O. The van der Waals surface area contributed by atoms with Gasteiger partial charge in [0.1, 0.15) is 0 Å². The second-order valence-electron chi connectivity index (χ2n) is 5.84. The van der Waals surface area contributed by atoms with E-state index in [1.54, 1.807) is 0 Å². The van der Waals surface area contributed by atoms with E-state index < -0.39 is 0 Å². The largest absolute Gasteiger partial charge is 0.394 e. The van der Waals surface area contributed by atoms with E-state index in [4.69, 9.17) is 0 Å². The Hall–Kier alpha value is -0.900. The lowest BCUT2D eigenvalue weighted by Gasteiger charge is -2.37. The topological polar surface area (TPSA) is 35.5 Å². The molecule has 0 aliphatic heterocycles. The molecule has 0 amide bonds. The Bertz CT molecular complexity index is 355. The van der Waals surface area contributed by atoms with E-state index in [1.807, 2.05) is 25.2 Å². The van der Waals surface area contributed by atoms with E-state index >= 15 is 0 Å². The van der Waals surface area contributed by atoms with Gasteiger partial charge in [-0.25, -0.2) is 0 Å². The van der Waals surface area contributed by atoms with Crippen molar-refractivity contribution >= 4 is 0 Å². The quantitative estimate of drug-likeness (QED) is 0.658. The fourth-order valence-corrected chi connectivity index (χ4v) is 2.71. The predicted octanol–water partition coefficient (Wildman–Crippen LogP) is 3.00. The van der Waals surface area contributed by atoms with E-state index in [2.05, 4.69) is 36.2 Å². The molecule has 0 fully saturated rings. The number of hydrogen-bond acceptors (Lipinski definition) is 3. The van der Waals surface area contributed by atoms with Crippen LogP contribution >= 0.6 is 0 Å². The summed E-state index contributed by atoms with van der Waals surface area (Å²) in [6.45, 7) is 7.63. The number of aliphatic hydroxyl groups excluding tert-OH is 1. The first kappa shape index (κ1) is 18.1. The van der Waals surface area contributed by atoms with Gasteiger partial charge in [0, 0.05) is 6.54 Å². The smallest absolute Gasteiger partial charge is 0.0795 e. The fraction of sp³-hybridized carbons (Fsp3) is 0.667. The van der Waals surface area contributed by atoms with E-state index in [-0.39, 0.29) is 12.1 Å². The Balaban J connectivity index is 2.86. The summed E-state index contributed by atoms with van der Waals surface area (Å²) >= 11 is 0. The molecule has 3 heteroatoms. The van der Waals surface area contributed by atoms with Crippen LogP contribution in [0.4, 0.5) is 0 Å². The van der Waals surface area contributed by atoms with Crippen LogP contribution < -0.4 is 5.32 Å². The van der Waals surface area contributed by atoms with E-state index in [0.717, 1.165) is 25.2 Å². The average molecular weight is 292 g/mol. The minimum atomic E-state index is -0.372. The number of unbranched alkanes of at least 4 members (excludes halogenated alkanes) is 2. The zero-order chi connectivity index (χ0) is 15.6. The van der Waals surface area contributed by atoms with Gasteiger partial charge in [-0.1, -0.05) is 57.0 Å². The second kappa shape index (κ2) is 9.93. The van der Waals surface area contributed by atoms with Crippen molar-refractivity contribution in [1.29, 1.82) is 0 Å². The van der Waals surface area contributed by atoms with Crippen molar-refractivity contribution in [2.45, 2.75) is 45.1 Å². The van der Waals surface area contributed by atoms with Gasteiger partial charge in [0.25, 0.3) is 0 Å². The first-order valence-electron chi connectivity index (χ1n) is 8.30. The van der Waals surface area contributed by atoms with Crippen molar-refractivity contribution in [2.75, 3.05) is 33.3 Å². The Kier molecular flexibility index (Phi) is 8.58. The Labute approximate surface area is 130 Å². The van der Waals surface area contributed by atoms with Gasteiger partial charge in [0.05, 0.1) is 12.1 Å². The SMILES string of the molecule is CCCCN(CCCC)CC(CO)(NC)c1ccccc1. The lowest BCUT2D eigenvalue weighted by atomic mass is 9.90. The van der Waals surface area contributed by atoms with Crippen LogP contribution in [0.15, 0.2) is 30.3 Å². The predicted molar refractivity (Wildman–Crippen MR) is 90.5 cm³/mol. The highest BCUT2D eigenvalue weighted by Gasteiger charge is 2.31. The van der Waals surface area contributed by atoms with E-state index in [9.17, 15) is 5.11 Å². The number of likely N-dealkylation sites (N-methyl/N-ethyl adjacent to an activating group) is 1. The minimum absolute atomic E-state index is 0.113. The maximum absolute atomic E-state index is 10.0. The van der Waals surface area contributed by atoms with Gasteiger partial charge in [0.2, 0.25) is 0 Å². The maximum atomic E-state index is 10.0. The Morgan fingerprint density at radius 3 is 2.05 bits per heavy atom. The van der Waals surface area contributed by atoms with Crippen molar-refractivity contribution in [3.8, 4) is 0 Å². The zero-order valence-electron chi connectivity index (χ0n) is 13.9. The number of aliphatic hydroxyl groups is 1. The number of nitrogens with one attached hydrogen (secondary N) is 1. The average Bonchev–Trinajstić information content (AvgIpc) is 2.55. The maximum Gasteiger partial charge on any atom is 0.0795 e. The minimum Gasteiger partial charge on any atom is -0.394 e. The molecule has 0 heterocycles. The number of benzene rings is 1. The van der Waals surface area contributed by atoms with Gasteiger partial charge in [0.15, 0.2) is 0 Å². The summed E-state index contributed by atoms with van der Waals surface area (Å²) in [4.78, 5) is 2.49. The normalized spacial score (nSPS) is 14.3. The molecule has 21 heavy (non-hydrogen) atoms. The van der Waals surface area contributed by atoms with Crippen LogP contribution in [-0.4, -0.2) is 43.3 Å². The molecule has 3 nitrogen and oxygen atoms in total. The highest BCUT2D eigenvalue weighted by Crippen LogP contribution is 2.22. The highest BCUT2D eigenvalue weighted by molar-refractivity contribution is 5.25. The molecule has 0 saturated carbocycles. The van der Waals surface area contributed by atoms with Gasteiger partial charge in [-0.15, -0.1) is 0 Å². The third-order valence-electron chi connectivity index (χ3n) is 4.22. The molecule has 120 valence electrons. The number of hydrogen-bond donors (Lipinski definition) is 2. The monoisotopic (exact) mass is 292 g/mol. The summed E-state index contributed by atoms with van der Waals surface area (Å²) < 4.78 is 0. The molecule has 0 saturated heterocycles. The van der Waals surface area contributed by atoms with Crippen molar-refractivity contribution in [2.24, 2.45) is 0 Å². The van der Waals surface area contributed by atoms with Gasteiger partial charge < -0.3 is 15.3 Å². The molecule has 1 aromatic carbocycles. The molecule has 1 atom stereocenters. The zero-order valence-corrected chi connectivity index (χ0v) is 13.9. The van der Waals surface area contributed by atoms with Crippen molar-refractivity contribution < 1.29 is 5.11 Å². The van der Waals surface area contributed by atoms with Crippen LogP contribution in [0, 0.1) is 0 Å². The van der Waals surface area contributed by atoms with Crippen molar-refractivity contribution in [3.63, 3.8) is 0 Å². The first-order valence-corrected chi connectivity index (χ1v) is 8.30. The van der Waals surface area contributed by atoms with Gasteiger partial charge >= 0.3 is 0 Å². The van der Waals surface area contributed by atoms with Crippen LogP contribution in [0.25, 0.3) is 0 Å². The van der Waals surface area contributed by atoms with Crippen LogP contribution in [-0.2, 0) is 5.54 Å². The molecule has 1 aromatic rings. The van der Waals surface area contributed by atoms with Gasteiger partial charge in [-0.2, -0.15) is 0 Å². The summed E-state index contributed by atoms with van der Waals surface area (Å²) in [5.41, 5.74) is 0.788. The van der Waals surface area contributed by atoms with Crippen LogP contribution in [0.3, 0.4) is 0 Å². The van der Waals surface area contributed by atoms with E-state index in [0.29, 0.717) is 0 Å². The van der Waals surface area contributed by atoms with Gasteiger partial charge in [-0.05, 0) is 38.5 Å². The third-order valence-corrected chi connectivity index (χ3v) is 4.22. The molecule has 0 aliphatic rings. The Morgan fingerprint density at radius 2 is 1.62 bits per heavy atom. The summed E-state index contributed by atoms with van der Waals surface area (Å²) in [5, 5.41) is 13.4. The molecule has 1 unspecified atom stereocenters. The van der Waals surface area contributed by atoms with Gasteiger partial charge in [-0.3, -0.25) is 0 Å². The summed E-state index contributed by atoms with van der Waals surface area (Å²) in [5.74, 6) is 0. The van der Waals surface area contributed by atoms with E-state index in [1.165, 1.54) is 25.7 Å². The second-order valence-corrected chi connectivity index (χ2v) is 5.84. The molecule has 0 radical (unpaired) electrons. The van der Waals surface area contributed by atoms with Crippen LogP contribution in [0.2, 0.25) is 0 Å². The fourth-order valence-electron chi connectivity index (χ4n) is 2.71. The first-order chi connectivity index (χ1) is 10.2. The van der Waals surface area contributed by atoms with Crippen LogP contribution in [0.1, 0.15) is 45.1 Å². The summed E-state index contributed by atoms with van der Waals surface area (Å²) in [6.07, 6.45) is 4.84. The molecule has 1 rings (SSSR count). The van der Waals surface area contributed by atoms with Crippen molar-refractivity contribution in [1.82, 2.24) is 10.2 Å². The molecule has 0 bridgehead atoms. The Morgan fingerprint density at radius 1 is 1.05 bits per heavy atom. The van der Waals surface area contributed by atoms with Crippen molar-refractivity contribution in [3.05, 3.63) is 35.9 Å². The number of rotatable bonds is 11.